The van der Waals surface area contributed by atoms with Crippen molar-refractivity contribution < 1.29 is 9.18 Å². The van der Waals surface area contributed by atoms with Crippen LogP contribution in [0.1, 0.15) is 48.8 Å². The largest absolute Gasteiger partial charge is 0.352 e. The molecule has 1 unspecified atom stereocenters. The first kappa shape index (κ1) is 16.0. The third-order valence-corrected chi connectivity index (χ3v) is 4.12. The molecule has 0 spiro atoms. The Morgan fingerprint density at radius 3 is 2.67 bits per heavy atom. The third-order valence-electron chi connectivity index (χ3n) is 4.12. The maximum Gasteiger partial charge on any atom is 0.220 e. The number of carbonyl (C=O) groups is 1. The monoisotopic (exact) mass is 292 g/mol. The molecule has 4 heteroatoms. The Morgan fingerprint density at radius 2 is 2.05 bits per heavy atom. The van der Waals surface area contributed by atoms with Gasteiger partial charge in [0.25, 0.3) is 0 Å². The van der Waals surface area contributed by atoms with Crippen molar-refractivity contribution in [2.45, 2.75) is 58.5 Å². The molecule has 1 saturated heterocycles. The van der Waals surface area contributed by atoms with Crippen LogP contribution in [0.25, 0.3) is 0 Å². The van der Waals surface area contributed by atoms with Gasteiger partial charge in [0.2, 0.25) is 5.91 Å². The first-order valence-electron chi connectivity index (χ1n) is 7.82. The third kappa shape index (κ3) is 4.81. The van der Waals surface area contributed by atoms with Gasteiger partial charge in [-0.1, -0.05) is 18.6 Å². The van der Waals surface area contributed by atoms with Crippen molar-refractivity contribution in [2.75, 3.05) is 6.54 Å². The molecule has 0 aromatic heterocycles. The first-order valence-corrected chi connectivity index (χ1v) is 7.82. The number of benzene rings is 1. The van der Waals surface area contributed by atoms with Crippen molar-refractivity contribution in [1.29, 1.82) is 0 Å². The van der Waals surface area contributed by atoms with Gasteiger partial charge in [0, 0.05) is 19.0 Å². The van der Waals surface area contributed by atoms with E-state index in [0.717, 1.165) is 18.5 Å². The number of nitrogens with one attached hydrogen (secondary N) is 2. The lowest BCUT2D eigenvalue weighted by Gasteiger charge is -2.23. The molecule has 1 amide bonds. The van der Waals surface area contributed by atoms with Crippen LogP contribution in [0.2, 0.25) is 0 Å². The number of piperidine rings is 1. The molecule has 1 aromatic carbocycles. The summed E-state index contributed by atoms with van der Waals surface area (Å²) in [5.41, 5.74) is 2.21. The molecule has 2 rings (SSSR count). The average molecular weight is 292 g/mol. The number of halogens is 1. The lowest BCUT2D eigenvalue weighted by atomic mass is 10.0. The molecule has 1 aliphatic rings. The predicted octanol–water partition coefficient (Wildman–Crippen LogP) is 2.98. The van der Waals surface area contributed by atoms with E-state index in [1.165, 1.54) is 19.3 Å². The van der Waals surface area contributed by atoms with E-state index in [1.807, 2.05) is 0 Å². The lowest BCUT2D eigenvalue weighted by molar-refractivity contribution is -0.121. The molecule has 0 aliphatic carbocycles. The molecule has 116 valence electrons. The SMILES string of the molecule is Cc1cc(CNC(=O)CCC2CCCCN2)cc(C)c1F. The summed E-state index contributed by atoms with van der Waals surface area (Å²) in [7, 11) is 0. The van der Waals surface area contributed by atoms with Crippen LogP contribution in [0.4, 0.5) is 4.39 Å². The van der Waals surface area contributed by atoms with Gasteiger partial charge in [0.15, 0.2) is 0 Å². The van der Waals surface area contributed by atoms with Gasteiger partial charge in [0.05, 0.1) is 0 Å². The zero-order chi connectivity index (χ0) is 15.2. The van der Waals surface area contributed by atoms with Crippen molar-refractivity contribution in [1.82, 2.24) is 10.6 Å². The summed E-state index contributed by atoms with van der Waals surface area (Å²) in [5, 5.41) is 6.37. The summed E-state index contributed by atoms with van der Waals surface area (Å²) in [5.74, 6) is -0.0875. The standard InChI is InChI=1S/C17H25FN2O/c1-12-9-14(10-13(2)17(12)18)11-20-16(21)7-6-15-5-3-4-8-19-15/h9-10,15,19H,3-8,11H2,1-2H3,(H,20,21). The first-order chi connectivity index (χ1) is 10.1. The highest BCUT2D eigenvalue weighted by atomic mass is 19.1. The average Bonchev–Trinajstić information content (AvgIpc) is 2.49. The Kier molecular flexibility index (Phi) is 5.74. The van der Waals surface area contributed by atoms with Crippen molar-refractivity contribution in [2.24, 2.45) is 0 Å². The molecular weight excluding hydrogens is 267 g/mol. The maximum atomic E-state index is 13.5. The molecule has 21 heavy (non-hydrogen) atoms. The molecule has 0 radical (unpaired) electrons. The molecule has 1 aliphatic heterocycles. The Hall–Kier alpha value is -1.42. The van der Waals surface area contributed by atoms with Crippen LogP contribution >= 0.6 is 0 Å². The molecule has 1 atom stereocenters. The summed E-state index contributed by atoms with van der Waals surface area (Å²) < 4.78 is 13.5. The van der Waals surface area contributed by atoms with Gasteiger partial charge in [-0.05, 0) is 56.3 Å². The van der Waals surface area contributed by atoms with Crippen molar-refractivity contribution in [3.63, 3.8) is 0 Å². The number of amides is 1. The summed E-state index contributed by atoms with van der Waals surface area (Å²) >= 11 is 0. The van der Waals surface area contributed by atoms with Gasteiger partial charge < -0.3 is 10.6 Å². The number of hydrogen-bond acceptors (Lipinski definition) is 2. The van der Waals surface area contributed by atoms with E-state index in [-0.39, 0.29) is 11.7 Å². The molecular formula is C17H25FN2O. The fraction of sp³-hybridized carbons (Fsp3) is 0.588. The Balaban J connectivity index is 1.75. The van der Waals surface area contributed by atoms with E-state index in [9.17, 15) is 9.18 Å². The van der Waals surface area contributed by atoms with Gasteiger partial charge in [-0.2, -0.15) is 0 Å². The Labute approximate surface area is 126 Å². The minimum atomic E-state index is -0.159. The van der Waals surface area contributed by atoms with Crippen molar-refractivity contribution in [3.05, 3.63) is 34.6 Å². The topological polar surface area (TPSA) is 41.1 Å². The molecule has 1 aromatic rings. The van der Waals surface area contributed by atoms with Gasteiger partial charge in [-0.3, -0.25) is 4.79 Å². The second-order valence-electron chi connectivity index (χ2n) is 6.01. The van der Waals surface area contributed by atoms with Gasteiger partial charge in [0.1, 0.15) is 5.82 Å². The molecule has 3 nitrogen and oxygen atoms in total. The van der Waals surface area contributed by atoms with E-state index in [1.54, 1.807) is 26.0 Å². The molecule has 1 heterocycles. The number of rotatable bonds is 5. The Morgan fingerprint density at radius 1 is 1.33 bits per heavy atom. The zero-order valence-electron chi connectivity index (χ0n) is 13.0. The summed E-state index contributed by atoms with van der Waals surface area (Å²) in [4.78, 5) is 11.9. The minimum Gasteiger partial charge on any atom is -0.352 e. The van der Waals surface area contributed by atoms with Gasteiger partial charge >= 0.3 is 0 Å². The summed E-state index contributed by atoms with van der Waals surface area (Å²) in [6, 6.07) is 4.08. The maximum absolute atomic E-state index is 13.5. The second kappa shape index (κ2) is 7.55. The number of hydrogen-bond donors (Lipinski definition) is 2. The van der Waals surface area contributed by atoms with Crippen molar-refractivity contribution in [3.8, 4) is 0 Å². The van der Waals surface area contributed by atoms with E-state index in [0.29, 0.717) is 30.1 Å². The number of aryl methyl sites for hydroxylation is 2. The predicted molar refractivity (Wildman–Crippen MR) is 82.6 cm³/mol. The summed E-state index contributed by atoms with van der Waals surface area (Å²) in [6.45, 7) is 5.05. The molecule has 0 bridgehead atoms. The van der Waals surface area contributed by atoms with Crippen LogP contribution in [-0.4, -0.2) is 18.5 Å². The van der Waals surface area contributed by atoms with Gasteiger partial charge in [-0.15, -0.1) is 0 Å². The molecule has 0 saturated carbocycles. The van der Waals surface area contributed by atoms with Crippen LogP contribution < -0.4 is 10.6 Å². The van der Waals surface area contributed by atoms with Gasteiger partial charge in [-0.25, -0.2) is 4.39 Å². The van der Waals surface area contributed by atoms with E-state index in [4.69, 9.17) is 0 Å². The van der Waals surface area contributed by atoms with Crippen LogP contribution in [-0.2, 0) is 11.3 Å². The zero-order valence-corrected chi connectivity index (χ0v) is 13.0. The van der Waals surface area contributed by atoms with Crippen LogP contribution in [0.15, 0.2) is 12.1 Å². The van der Waals surface area contributed by atoms with E-state index >= 15 is 0 Å². The molecule has 1 fully saturated rings. The second-order valence-corrected chi connectivity index (χ2v) is 6.01. The van der Waals surface area contributed by atoms with E-state index < -0.39 is 0 Å². The highest BCUT2D eigenvalue weighted by Crippen LogP contribution is 2.15. The summed E-state index contributed by atoms with van der Waals surface area (Å²) in [6.07, 6.45) is 5.12. The van der Waals surface area contributed by atoms with Crippen LogP contribution in [0, 0.1) is 19.7 Å². The lowest BCUT2D eigenvalue weighted by Crippen LogP contribution is -2.35. The highest BCUT2D eigenvalue weighted by Gasteiger charge is 2.14. The highest BCUT2D eigenvalue weighted by molar-refractivity contribution is 5.75. The quantitative estimate of drug-likeness (QED) is 0.876. The van der Waals surface area contributed by atoms with E-state index in [2.05, 4.69) is 10.6 Å². The van der Waals surface area contributed by atoms with Crippen LogP contribution in [0.3, 0.4) is 0 Å². The molecule has 2 N–H and O–H groups in total. The fourth-order valence-corrected chi connectivity index (χ4v) is 2.90. The Bertz CT molecular complexity index is 473. The number of carbonyl (C=O) groups excluding carboxylic acids is 1. The van der Waals surface area contributed by atoms with Crippen molar-refractivity contribution >= 4 is 5.91 Å². The normalized spacial score (nSPS) is 18.5. The van der Waals surface area contributed by atoms with Crippen LogP contribution in [0.5, 0.6) is 0 Å². The smallest absolute Gasteiger partial charge is 0.220 e. The fourth-order valence-electron chi connectivity index (χ4n) is 2.90. The minimum absolute atomic E-state index is 0.0713.